The average molecular weight is 281 g/mol. The third-order valence-corrected chi connectivity index (χ3v) is 3.67. The molecule has 0 aliphatic carbocycles. The molecule has 2 rings (SSSR count). The first-order valence-electron chi connectivity index (χ1n) is 7.49. The zero-order chi connectivity index (χ0) is 15.2. The minimum Gasteiger partial charge on any atom is -0.370 e. The van der Waals surface area contributed by atoms with Crippen molar-refractivity contribution in [3.63, 3.8) is 0 Å². The van der Waals surface area contributed by atoms with Gasteiger partial charge in [0.2, 0.25) is 0 Å². The highest BCUT2D eigenvalue weighted by atomic mass is 15.2. The molecule has 0 saturated heterocycles. The Morgan fingerprint density at radius 2 is 1.67 bits per heavy atom. The first-order valence-corrected chi connectivity index (χ1v) is 7.49. The summed E-state index contributed by atoms with van der Waals surface area (Å²) in [7, 11) is 4.20. The van der Waals surface area contributed by atoms with Crippen LogP contribution in [-0.4, -0.2) is 38.6 Å². The van der Waals surface area contributed by atoms with Gasteiger partial charge >= 0.3 is 0 Å². The second-order valence-electron chi connectivity index (χ2n) is 5.58. The van der Waals surface area contributed by atoms with Crippen LogP contribution in [0.3, 0.4) is 0 Å². The van der Waals surface area contributed by atoms with Crippen LogP contribution >= 0.6 is 0 Å². The molecule has 0 amide bonds. The third-order valence-electron chi connectivity index (χ3n) is 3.67. The van der Waals surface area contributed by atoms with Gasteiger partial charge in [0.25, 0.3) is 0 Å². The highest BCUT2D eigenvalue weighted by Gasteiger charge is 2.11. The molecule has 0 aliphatic rings. The van der Waals surface area contributed by atoms with Crippen molar-refractivity contribution in [1.82, 2.24) is 4.90 Å². The van der Waals surface area contributed by atoms with Crippen LogP contribution in [0, 0.1) is 11.3 Å². The largest absolute Gasteiger partial charge is 0.370 e. The number of hydrogen-bond acceptors (Lipinski definition) is 3. The number of nitrogens with zero attached hydrogens (tertiary/aromatic N) is 3. The van der Waals surface area contributed by atoms with Crippen molar-refractivity contribution >= 4 is 16.5 Å². The van der Waals surface area contributed by atoms with Gasteiger partial charge in [-0.25, -0.2) is 0 Å². The Kier molecular flexibility index (Phi) is 5.19. The summed E-state index contributed by atoms with van der Waals surface area (Å²) in [6.45, 7) is 5.25. The molecule has 0 fully saturated rings. The van der Waals surface area contributed by atoms with Gasteiger partial charge < -0.3 is 9.80 Å². The fraction of sp³-hybridized carbons (Fsp3) is 0.389. The van der Waals surface area contributed by atoms with Gasteiger partial charge in [0.1, 0.15) is 0 Å². The lowest BCUT2D eigenvalue weighted by Crippen LogP contribution is -2.32. The predicted octanol–water partition coefficient (Wildman–Crippen LogP) is 3.49. The molecule has 0 N–H and O–H groups in total. The lowest BCUT2D eigenvalue weighted by molar-refractivity contribution is 0.413. The van der Waals surface area contributed by atoms with E-state index in [2.05, 4.69) is 49.0 Å². The predicted molar refractivity (Wildman–Crippen MR) is 89.7 cm³/mol. The molecule has 3 heteroatoms. The van der Waals surface area contributed by atoms with Gasteiger partial charge in [-0.15, -0.1) is 0 Å². The summed E-state index contributed by atoms with van der Waals surface area (Å²) in [5, 5.41) is 11.5. The maximum atomic E-state index is 9.27. The quantitative estimate of drug-likeness (QED) is 0.812. The smallest absolute Gasteiger partial charge is 0.0998 e. The van der Waals surface area contributed by atoms with Crippen molar-refractivity contribution in [3.8, 4) is 6.07 Å². The van der Waals surface area contributed by atoms with E-state index >= 15 is 0 Å². The van der Waals surface area contributed by atoms with Gasteiger partial charge in [0.15, 0.2) is 0 Å². The summed E-state index contributed by atoms with van der Waals surface area (Å²) in [5.74, 6) is 0. The van der Waals surface area contributed by atoms with E-state index in [0.29, 0.717) is 0 Å². The maximum absolute atomic E-state index is 9.27. The topological polar surface area (TPSA) is 30.3 Å². The minimum atomic E-state index is 0.749. The molecule has 21 heavy (non-hydrogen) atoms. The lowest BCUT2D eigenvalue weighted by Gasteiger charge is -2.27. The zero-order valence-corrected chi connectivity index (χ0v) is 13.1. The number of anilines is 1. The van der Waals surface area contributed by atoms with Crippen LogP contribution in [0.2, 0.25) is 0 Å². The zero-order valence-electron chi connectivity index (χ0n) is 13.1. The van der Waals surface area contributed by atoms with Crippen molar-refractivity contribution in [2.75, 3.05) is 38.6 Å². The minimum absolute atomic E-state index is 0.749. The Morgan fingerprint density at radius 3 is 2.29 bits per heavy atom. The molecule has 0 aromatic heterocycles. The second-order valence-corrected chi connectivity index (χ2v) is 5.58. The summed E-state index contributed by atoms with van der Waals surface area (Å²) < 4.78 is 0. The Bertz CT molecular complexity index is 640. The van der Waals surface area contributed by atoms with Crippen LogP contribution in [-0.2, 0) is 0 Å². The van der Waals surface area contributed by atoms with Crippen LogP contribution < -0.4 is 4.90 Å². The summed E-state index contributed by atoms with van der Waals surface area (Å²) in [4.78, 5) is 4.62. The van der Waals surface area contributed by atoms with Crippen LogP contribution in [0.1, 0.15) is 18.9 Å². The number of fused-ring (bicyclic) bond motifs is 1. The van der Waals surface area contributed by atoms with Gasteiger partial charge in [0, 0.05) is 36.1 Å². The third kappa shape index (κ3) is 3.53. The molecule has 0 saturated carbocycles. The van der Waals surface area contributed by atoms with Gasteiger partial charge in [-0.2, -0.15) is 5.26 Å². The molecule has 0 radical (unpaired) electrons. The Balaban J connectivity index is 2.45. The van der Waals surface area contributed by atoms with Gasteiger partial charge in [0.05, 0.1) is 11.6 Å². The highest BCUT2D eigenvalue weighted by Crippen LogP contribution is 2.29. The van der Waals surface area contributed by atoms with Crippen LogP contribution in [0.5, 0.6) is 0 Å². The maximum Gasteiger partial charge on any atom is 0.0998 e. The van der Waals surface area contributed by atoms with Crippen molar-refractivity contribution in [1.29, 1.82) is 5.26 Å². The van der Waals surface area contributed by atoms with Crippen molar-refractivity contribution in [2.24, 2.45) is 0 Å². The molecule has 2 aromatic rings. The van der Waals surface area contributed by atoms with Crippen LogP contribution in [0.25, 0.3) is 10.8 Å². The molecular weight excluding hydrogens is 258 g/mol. The molecule has 0 heterocycles. The molecule has 0 aliphatic heterocycles. The van der Waals surface area contributed by atoms with Gasteiger partial charge in [-0.3, -0.25) is 0 Å². The van der Waals surface area contributed by atoms with Crippen molar-refractivity contribution in [2.45, 2.75) is 13.3 Å². The van der Waals surface area contributed by atoms with E-state index in [1.165, 1.54) is 11.1 Å². The van der Waals surface area contributed by atoms with Gasteiger partial charge in [-0.05, 0) is 32.6 Å². The van der Waals surface area contributed by atoms with E-state index in [4.69, 9.17) is 0 Å². The molecule has 0 unspecified atom stereocenters. The molecule has 0 bridgehead atoms. The number of hydrogen-bond donors (Lipinski definition) is 0. The fourth-order valence-corrected chi connectivity index (χ4v) is 2.60. The van der Waals surface area contributed by atoms with E-state index in [0.717, 1.165) is 37.0 Å². The molecule has 3 nitrogen and oxygen atoms in total. The summed E-state index contributed by atoms with van der Waals surface area (Å²) in [6.07, 6.45) is 1.11. The monoisotopic (exact) mass is 281 g/mol. The molecule has 110 valence electrons. The summed E-state index contributed by atoms with van der Waals surface area (Å²) in [6, 6.07) is 14.5. The molecule has 2 aromatic carbocycles. The first kappa shape index (κ1) is 15.3. The number of nitriles is 1. The number of rotatable bonds is 6. The van der Waals surface area contributed by atoms with Gasteiger partial charge in [-0.1, -0.05) is 31.2 Å². The SMILES string of the molecule is CCCN(CCN(C)C)c1ccc(C#N)c2ccccc12. The number of benzene rings is 2. The fourth-order valence-electron chi connectivity index (χ4n) is 2.60. The van der Waals surface area contributed by atoms with E-state index in [-0.39, 0.29) is 0 Å². The Labute approximate surface area is 127 Å². The summed E-state index contributed by atoms with van der Waals surface area (Å²) >= 11 is 0. The normalized spacial score (nSPS) is 10.8. The molecular formula is C18H23N3. The van der Waals surface area contributed by atoms with Crippen molar-refractivity contribution in [3.05, 3.63) is 42.0 Å². The van der Waals surface area contributed by atoms with E-state index in [1.54, 1.807) is 0 Å². The van der Waals surface area contributed by atoms with E-state index in [9.17, 15) is 5.26 Å². The number of likely N-dealkylation sites (N-methyl/N-ethyl adjacent to an activating group) is 1. The van der Waals surface area contributed by atoms with Crippen LogP contribution in [0.15, 0.2) is 36.4 Å². The first-order chi connectivity index (χ1) is 10.2. The van der Waals surface area contributed by atoms with Crippen molar-refractivity contribution < 1.29 is 0 Å². The Hall–Kier alpha value is -2.05. The molecule has 0 atom stereocenters. The lowest BCUT2D eigenvalue weighted by atomic mass is 10.0. The standard InChI is InChI=1S/C18H23N3/c1-4-11-21(13-12-20(2)3)18-10-9-15(14-19)16-7-5-6-8-17(16)18/h5-10H,4,11-13H2,1-3H3. The summed E-state index contributed by atoms with van der Waals surface area (Å²) in [5.41, 5.74) is 1.98. The van der Waals surface area contributed by atoms with Crippen LogP contribution in [0.4, 0.5) is 5.69 Å². The molecule has 0 spiro atoms. The highest BCUT2D eigenvalue weighted by molar-refractivity contribution is 5.97. The van der Waals surface area contributed by atoms with E-state index in [1.807, 2.05) is 24.3 Å². The average Bonchev–Trinajstić information content (AvgIpc) is 2.50. The Morgan fingerprint density at radius 1 is 0.952 bits per heavy atom. The second kappa shape index (κ2) is 7.10. The van der Waals surface area contributed by atoms with E-state index < -0.39 is 0 Å².